The Kier molecular flexibility index (Phi) is 5.68. The Morgan fingerprint density at radius 3 is 2.65 bits per heavy atom. The molecule has 1 unspecified atom stereocenters. The van der Waals surface area contributed by atoms with Gasteiger partial charge in [-0.3, -0.25) is 4.79 Å². The van der Waals surface area contributed by atoms with Crippen molar-refractivity contribution in [2.45, 2.75) is 26.3 Å². The number of allylic oxidation sites excluding steroid dienone is 1. The predicted octanol–water partition coefficient (Wildman–Crippen LogP) is 4.15. The van der Waals surface area contributed by atoms with Gasteiger partial charge in [-0.15, -0.1) is 0 Å². The smallest absolute Gasteiger partial charge is 0.193 e. The highest BCUT2D eigenvalue weighted by molar-refractivity contribution is 7.80. The summed E-state index contributed by atoms with van der Waals surface area (Å²) in [6.07, 6.45) is 0.941. The summed E-state index contributed by atoms with van der Waals surface area (Å²) >= 11 is 5.32. The van der Waals surface area contributed by atoms with E-state index in [1.807, 2.05) is 61.5 Å². The van der Waals surface area contributed by atoms with Gasteiger partial charge < -0.3 is 15.4 Å². The van der Waals surface area contributed by atoms with Gasteiger partial charge in [0.15, 0.2) is 10.9 Å². The first kappa shape index (κ1) is 18.1. The van der Waals surface area contributed by atoms with E-state index in [0.717, 1.165) is 23.4 Å². The molecular weight excluding hydrogens is 344 g/mol. The minimum atomic E-state index is -0.318. The minimum absolute atomic E-state index is 0.0181. The SMILES string of the molecule is CCCOc1cccc(C2NC(=S)NC(C)=C2C(=O)c2ccccc2)c1. The van der Waals surface area contributed by atoms with Crippen molar-refractivity contribution in [2.75, 3.05) is 6.61 Å². The Morgan fingerprint density at radius 2 is 1.92 bits per heavy atom. The van der Waals surface area contributed by atoms with E-state index in [2.05, 4.69) is 17.6 Å². The van der Waals surface area contributed by atoms with Gasteiger partial charge in [0.1, 0.15) is 5.75 Å². The molecule has 3 rings (SSSR count). The topological polar surface area (TPSA) is 50.4 Å². The lowest BCUT2D eigenvalue weighted by Gasteiger charge is -2.30. The maximum Gasteiger partial charge on any atom is 0.193 e. The first-order chi connectivity index (χ1) is 12.6. The molecule has 26 heavy (non-hydrogen) atoms. The van der Waals surface area contributed by atoms with E-state index in [1.54, 1.807) is 0 Å². The Labute approximate surface area is 159 Å². The average molecular weight is 366 g/mol. The first-order valence-electron chi connectivity index (χ1n) is 8.71. The van der Waals surface area contributed by atoms with E-state index in [9.17, 15) is 4.79 Å². The fourth-order valence-corrected chi connectivity index (χ4v) is 3.26. The van der Waals surface area contributed by atoms with E-state index < -0.39 is 0 Å². The first-order valence-corrected chi connectivity index (χ1v) is 9.11. The number of thiocarbonyl (C=S) groups is 1. The van der Waals surface area contributed by atoms with Crippen molar-refractivity contribution in [1.82, 2.24) is 10.6 Å². The number of rotatable bonds is 6. The third-order valence-electron chi connectivity index (χ3n) is 4.21. The van der Waals surface area contributed by atoms with Gasteiger partial charge in [-0.05, 0) is 43.3 Å². The maximum atomic E-state index is 13.1. The monoisotopic (exact) mass is 366 g/mol. The van der Waals surface area contributed by atoms with Crippen LogP contribution in [0.4, 0.5) is 0 Å². The molecule has 0 aliphatic carbocycles. The lowest BCUT2D eigenvalue weighted by Crippen LogP contribution is -2.44. The number of ether oxygens (including phenoxy) is 1. The number of benzene rings is 2. The van der Waals surface area contributed by atoms with Crippen molar-refractivity contribution in [1.29, 1.82) is 0 Å². The molecule has 0 fully saturated rings. The van der Waals surface area contributed by atoms with Gasteiger partial charge in [0.05, 0.1) is 12.6 Å². The lowest BCUT2D eigenvalue weighted by atomic mass is 9.89. The summed E-state index contributed by atoms with van der Waals surface area (Å²) in [4.78, 5) is 13.1. The lowest BCUT2D eigenvalue weighted by molar-refractivity contribution is 0.102. The highest BCUT2D eigenvalue weighted by Gasteiger charge is 2.30. The van der Waals surface area contributed by atoms with Crippen LogP contribution in [0.5, 0.6) is 5.75 Å². The number of hydrogen-bond donors (Lipinski definition) is 2. The van der Waals surface area contributed by atoms with Gasteiger partial charge >= 0.3 is 0 Å². The molecular formula is C21H22N2O2S. The molecule has 0 saturated heterocycles. The molecule has 1 aliphatic heterocycles. The molecule has 1 aliphatic rings. The Bertz CT molecular complexity index is 846. The van der Waals surface area contributed by atoms with Crippen molar-refractivity contribution in [3.05, 3.63) is 77.0 Å². The highest BCUT2D eigenvalue weighted by Crippen LogP contribution is 2.31. The van der Waals surface area contributed by atoms with Gasteiger partial charge in [0, 0.05) is 16.8 Å². The zero-order valence-electron chi connectivity index (χ0n) is 14.9. The zero-order chi connectivity index (χ0) is 18.5. The van der Waals surface area contributed by atoms with Gasteiger partial charge in [-0.2, -0.15) is 0 Å². The van der Waals surface area contributed by atoms with Crippen LogP contribution < -0.4 is 15.4 Å². The molecule has 2 aromatic rings. The van der Waals surface area contributed by atoms with Crippen molar-refractivity contribution in [3.8, 4) is 5.75 Å². The summed E-state index contributed by atoms with van der Waals surface area (Å²) in [5, 5.41) is 6.82. The van der Waals surface area contributed by atoms with Crippen LogP contribution in [0, 0.1) is 0 Å². The van der Waals surface area contributed by atoms with Gasteiger partial charge in [-0.25, -0.2) is 0 Å². The maximum absolute atomic E-state index is 13.1. The van der Waals surface area contributed by atoms with Crippen LogP contribution in [-0.2, 0) is 0 Å². The van der Waals surface area contributed by atoms with E-state index in [1.165, 1.54) is 0 Å². The summed E-state index contributed by atoms with van der Waals surface area (Å²) in [5.74, 6) is 0.773. The van der Waals surface area contributed by atoms with Crippen LogP contribution in [0.25, 0.3) is 0 Å². The van der Waals surface area contributed by atoms with Crippen LogP contribution in [0.3, 0.4) is 0 Å². The molecule has 4 nitrogen and oxygen atoms in total. The molecule has 134 valence electrons. The second-order valence-electron chi connectivity index (χ2n) is 6.19. The predicted molar refractivity (Wildman–Crippen MR) is 107 cm³/mol. The normalized spacial score (nSPS) is 16.7. The number of nitrogens with one attached hydrogen (secondary N) is 2. The van der Waals surface area contributed by atoms with Crippen LogP contribution in [0.15, 0.2) is 65.9 Å². The third-order valence-corrected chi connectivity index (χ3v) is 4.43. The largest absolute Gasteiger partial charge is 0.494 e. The van der Waals surface area contributed by atoms with Crippen molar-refractivity contribution in [3.63, 3.8) is 0 Å². The molecule has 2 aromatic carbocycles. The molecule has 0 radical (unpaired) electrons. The summed E-state index contributed by atoms with van der Waals surface area (Å²) < 4.78 is 5.74. The quantitative estimate of drug-likeness (QED) is 0.594. The van der Waals surface area contributed by atoms with Crippen molar-refractivity contribution in [2.24, 2.45) is 0 Å². The van der Waals surface area contributed by atoms with E-state index in [0.29, 0.717) is 22.9 Å². The van der Waals surface area contributed by atoms with E-state index in [4.69, 9.17) is 17.0 Å². The molecule has 2 N–H and O–H groups in total. The summed E-state index contributed by atoms with van der Waals surface area (Å²) in [5.41, 5.74) is 3.03. The molecule has 1 atom stereocenters. The van der Waals surface area contributed by atoms with E-state index in [-0.39, 0.29) is 11.8 Å². The second-order valence-corrected chi connectivity index (χ2v) is 6.59. The molecule has 0 bridgehead atoms. The summed E-state index contributed by atoms with van der Waals surface area (Å²) in [6.45, 7) is 4.61. The van der Waals surface area contributed by atoms with Gasteiger partial charge in [0.25, 0.3) is 0 Å². The zero-order valence-corrected chi connectivity index (χ0v) is 15.7. The van der Waals surface area contributed by atoms with Crippen LogP contribution in [0.2, 0.25) is 0 Å². The van der Waals surface area contributed by atoms with Gasteiger partial charge in [-0.1, -0.05) is 49.4 Å². The Hall–Kier alpha value is -2.66. The fraction of sp³-hybridized carbons (Fsp3) is 0.238. The minimum Gasteiger partial charge on any atom is -0.494 e. The molecule has 0 saturated carbocycles. The standard InChI is InChI=1S/C21H22N2O2S/c1-3-12-25-17-11-7-10-16(13-17)19-18(14(2)22-21(26)23-19)20(24)15-8-5-4-6-9-15/h4-11,13,19H,3,12H2,1-2H3,(H2,22,23,26). The summed E-state index contributed by atoms with van der Waals surface area (Å²) in [6, 6.07) is 16.8. The van der Waals surface area contributed by atoms with Crippen LogP contribution >= 0.6 is 12.2 Å². The van der Waals surface area contributed by atoms with Crippen LogP contribution in [-0.4, -0.2) is 17.5 Å². The van der Waals surface area contributed by atoms with Crippen molar-refractivity contribution < 1.29 is 9.53 Å². The molecule has 1 heterocycles. The number of ketones is 1. The molecule has 5 heteroatoms. The summed E-state index contributed by atoms with van der Waals surface area (Å²) in [7, 11) is 0. The highest BCUT2D eigenvalue weighted by atomic mass is 32.1. The number of carbonyl (C=O) groups excluding carboxylic acids is 1. The van der Waals surface area contributed by atoms with Crippen LogP contribution in [0.1, 0.15) is 42.2 Å². The average Bonchev–Trinajstić information content (AvgIpc) is 2.66. The fourth-order valence-electron chi connectivity index (χ4n) is 2.99. The Morgan fingerprint density at radius 1 is 1.15 bits per heavy atom. The number of hydrogen-bond acceptors (Lipinski definition) is 3. The van der Waals surface area contributed by atoms with Crippen molar-refractivity contribution >= 4 is 23.1 Å². The molecule has 0 spiro atoms. The Balaban J connectivity index is 1.99. The van der Waals surface area contributed by atoms with E-state index >= 15 is 0 Å². The molecule has 0 aromatic heterocycles. The number of Topliss-reactive ketones (excluding diaryl/α,β-unsaturated/α-hetero) is 1. The number of carbonyl (C=O) groups is 1. The molecule has 0 amide bonds. The third kappa shape index (κ3) is 3.94. The van der Waals surface area contributed by atoms with Gasteiger partial charge in [0.2, 0.25) is 0 Å². The second kappa shape index (κ2) is 8.15.